The summed E-state index contributed by atoms with van der Waals surface area (Å²) in [6.45, 7) is 0.363. The molecule has 0 N–H and O–H groups in total. The van der Waals surface area contributed by atoms with Gasteiger partial charge in [0.2, 0.25) is 0 Å². The molecule has 0 saturated carbocycles. The molecule has 0 heterocycles. The maximum atomic E-state index is 11.4. The predicted octanol–water partition coefficient (Wildman–Crippen LogP) is 5.23. The molecule has 2 aromatic rings. The van der Waals surface area contributed by atoms with Crippen LogP contribution in [0.5, 0.6) is 5.75 Å². The molecule has 2 rings (SSSR count). The fraction of sp³-hybridized carbons (Fsp3) is 0.133. The van der Waals surface area contributed by atoms with Crippen molar-refractivity contribution in [2.75, 3.05) is 7.11 Å². The summed E-state index contributed by atoms with van der Waals surface area (Å²) in [5, 5.41) is 0.637. The van der Waals surface area contributed by atoms with Crippen LogP contribution in [0.2, 0.25) is 5.02 Å². The quantitative estimate of drug-likeness (QED) is 0.618. The fourth-order valence-electron chi connectivity index (χ4n) is 1.66. The highest BCUT2D eigenvalue weighted by molar-refractivity contribution is 9.10. The Balaban J connectivity index is 2.11. The van der Waals surface area contributed by atoms with Gasteiger partial charge in [0, 0.05) is 15.1 Å². The third-order valence-corrected chi connectivity index (χ3v) is 4.34. The van der Waals surface area contributed by atoms with E-state index < -0.39 is 0 Å². The van der Waals surface area contributed by atoms with Crippen LogP contribution in [0, 0.1) is 0 Å². The van der Waals surface area contributed by atoms with Crippen LogP contribution in [0.4, 0.5) is 0 Å². The number of rotatable bonds is 4. The molecule has 0 bridgehead atoms. The van der Waals surface area contributed by atoms with E-state index in [1.807, 2.05) is 6.07 Å². The van der Waals surface area contributed by atoms with E-state index in [0.717, 1.165) is 14.5 Å². The van der Waals surface area contributed by atoms with Gasteiger partial charge in [0.15, 0.2) is 0 Å². The minimum Gasteiger partial charge on any atom is -0.488 e. The van der Waals surface area contributed by atoms with Crippen molar-refractivity contribution in [2.45, 2.75) is 6.61 Å². The van der Waals surface area contributed by atoms with E-state index in [1.54, 1.807) is 30.3 Å². The summed E-state index contributed by atoms with van der Waals surface area (Å²) in [5.74, 6) is 0.326. The van der Waals surface area contributed by atoms with E-state index in [-0.39, 0.29) is 5.97 Å². The van der Waals surface area contributed by atoms with Gasteiger partial charge in [0.1, 0.15) is 12.4 Å². The number of carbonyl (C=O) groups is 1. The molecule has 0 radical (unpaired) electrons. The number of ether oxygens (including phenoxy) is 2. The van der Waals surface area contributed by atoms with Crippen LogP contribution in [0.25, 0.3) is 0 Å². The first-order valence-corrected chi connectivity index (χ1v) is 7.92. The van der Waals surface area contributed by atoms with Gasteiger partial charge in [-0.15, -0.1) is 0 Å². The molecular weight excluding hydrogens is 423 g/mol. The lowest BCUT2D eigenvalue weighted by atomic mass is 10.1. The summed E-state index contributed by atoms with van der Waals surface area (Å²) in [6, 6.07) is 10.6. The molecule has 6 heteroatoms. The first kappa shape index (κ1) is 16.3. The lowest BCUT2D eigenvalue weighted by molar-refractivity contribution is 0.0600. The highest BCUT2D eigenvalue weighted by atomic mass is 79.9. The lowest BCUT2D eigenvalue weighted by Gasteiger charge is -2.10. The predicted molar refractivity (Wildman–Crippen MR) is 89.0 cm³/mol. The summed E-state index contributed by atoms with van der Waals surface area (Å²) < 4.78 is 12.0. The maximum absolute atomic E-state index is 11.4. The van der Waals surface area contributed by atoms with Crippen molar-refractivity contribution >= 4 is 49.4 Å². The first-order chi connectivity index (χ1) is 10.0. The van der Waals surface area contributed by atoms with Gasteiger partial charge in [-0.25, -0.2) is 4.79 Å². The van der Waals surface area contributed by atoms with Crippen molar-refractivity contribution < 1.29 is 14.3 Å². The summed E-state index contributed by atoms with van der Waals surface area (Å²) >= 11 is 12.7. The van der Waals surface area contributed by atoms with Gasteiger partial charge in [-0.05, 0) is 46.3 Å². The summed E-state index contributed by atoms with van der Waals surface area (Å²) in [7, 11) is 1.35. The average molecular weight is 435 g/mol. The molecule has 0 aliphatic carbocycles. The largest absolute Gasteiger partial charge is 0.488 e. The third-order valence-electron chi connectivity index (χ3n) is 2.75. The van der Waals surface area contributed by atoms with Crippen molar-refractivity contribution in [3.8, 4) is 5.75 Å². The van der Waals surface area contributed by atoms with Crippen LogP contribution in [-0.4, -0.2) is 13.1 Å². The molecule has 3 nitrogen and oxygen atoms in total. The van der Waals surface area contributed by atoms with Gasteiger partial charge in [0.25, 0.3) is 0 Å². The Bertz CT molecular complexity index is 674. The Hall–Kier alpha value is -1.04. The molecule has 0 aliphatic heterocycles. The van der Waals surface area contributed by atoms with Crippen LogP contribution in [0.1, 0.15) is 15.9 Å². The minimum absolute atomic E-state index is 0.363. The molecule has 0 unspecified atom stereocenters. The zero-order chi connectivity index (χ0) is 15.4. The van der Waals surface area contributed by atoms with Gasteiger partial charge in [0.05, 0.1) is 17.1 Å². The topological polar surface area (TPSA) is 35.5 Å². The number of hydrogen-bond donors (Lipinski definition) is 0. The monoisotopic (exact) mass is 432 g/mol. The smallest absolute Gasteiger partial charge is 0.337 e. The summed E-state index contributed by atoms with van der Waals surface area (Å²) in [5.41, 5.74) is 1.41. The zero-order valence-electron chi connectivity index (χ0n) is 11.0. The van der Waals surface area contributed by atoms with Crippen LogP contribution in [0.3, 0.4) is 0 Å². The normalized spacial score (nSPS) is 10.3. The van der Waals surface area contributed by atoms with E-state index in [0.29, 0.717) is 22.9 Å². The first-order valence-electron chi connectivity index (χ1n) is 5.96. The molecule has 110 valence electrons. The van der Waals surface area contributed by atoms with Crippen LogP contribution in [-0.2, 0) is 11.3 Å². The molecule has 2 aromatic carbocycles. The molecule has 0 aromatic heterocycles. The molecule has 0 fully saturated rings. The Morgan fingerprint density at radius 2 is 1.90 bits per heavy atom. The summed E-state index contributed by atoms with van der Waals surface area (Å²) in [4.78, 5) is 11.4. The van der Waals surface area contributed by atoms with E-state index >= 15 is 0 Å². The molecule has 0 amide bonds. The number of halogens is 3. The SMILES string of the molecule is COC(=O)c1ccc(COc2ccc(Cl)cc2Br)c(Br)c1. The summed E-state index contributed by atoms with van der Waals surface area (Å²) in [6.07, 6.45) is 0. The Morgan fingerprint density at radius 1 is 1.14 bits per heavy atom. The van der Waals surface area contributed by atoms with E-state index in [4.69, 9.17) is 16.3 Å². The molecular formula is C15H11Br2ClO3. The second-order valence-electron chi connectivity index (χ2n) is 4.16. The third kappa shape index (κ3) is 4.22. The Kier molecular flexibility index (Phi) is 5.67. The van der Waals surface area contributed by atoms with Crippen LogP contribution in [0.15, 0.2) is 45.3 Å². The number of hydrogen-bond acceptors (Lipinski definition) is 3. The van der Waals surface area contributed by atoms with E-state index in [2.05, 4.69) is 36.6 Å². The second kappa shape index (κ2) is 7.29. The standard InChI is InChI=1S/C15H11Br2ClO3/c1-20-15(19)9-2-3-10(12(16)6-9)8-21-14-5-4-11(18)7-13(14)17/h2-7H,8H2,1H3. The van der Waals surface area contributed by atoms with Gasteiger partial charge >= 0.3 is 5.97 Å². The number of benzene rings is 2. The minimum atomic E-state index is -0.372. The van der Waals surface area contributed by atoms with Crippen LogP contribution >= 0.6 is 43.5 Å². The van der Waals surface area contributed by atoms with E-state index in [1.165, 1.54) is 7.11 Å². The fourth-order valence-corrected chi connectivity index (χ4v) is 2.95. The van der Waals surface area contributed by atoms with Crippen LogP contribution < -0.4 is 4.74 Å². The van der Waals surface area contributed by atoms with Gasteiger partial charge in [-0.2, -0.15) is 0 Å². The average Bonchev–Trinajstić information content (AvgIpc) is 2.46. The number of esters is 1. The van der Waals surface area contributed by atoms with Gasteiger partial charge < -0.3 is 9.47 Å². The highest BCUT2D eigenvalue weighted by Crippen LogP contribution is 2.29. The zero-order valence-corrected chi connectivity index (χ0v) is 15.0. The Labute approximate surface area is 144 Å². The molecule has 0 spiro atoms. The molecule has 0 aliphatic rings. The Morgan fingerprint density at radius 3 is 2.52 bits per heavy atom. The van der Waals surface area contributed by atoms with Crippen molar-refractivity contribution in [1.29, 1.82) is 0 Å². The van der Waals surface area contributed by atoms with Crippen molar-refractivity contribution in [2.24, 2.45) is 0 Å². The molecule has 0 saturated heterocycles. The lowest BCUT2D eigenvalue weighted by Crippen LogP contribution is -2.03. The maximum Gasteiger partial charge on any atom is 0.337 e. The highest BCUT2D eigenvalue weighted by Gasteiger charge is 2.09. The second-order valence-corrected chi connectivity index (χ2v) is 6.31. The molecule has 21 heavy (non-hydrogen) atoms. The van der Waals surface area contributed by atoms with Crippen molar-refractivity contribution in [1.82, 2.24) is 0 Å². The molecule has 0 atom stereocenters. The van der Waals surface area contributed by atoms with E-state index in [9.17, 15) is 4.79 Å². The van der Waals surface area contributed by atoms with Gasteiger partial charge in [-0.1, -0.05) is 33.6 Å². The number of carbonyl (C=O) groups excluding carboxylic acids is 1. The van der Waals surface area contributed by atoms with Gasteiger partial charge in [-0.3, -0.25) is 0 Å². The van der Waals surface area contributed by atoms with Crippen molar-refractivity contribution in [3.05, 3.63) is 61.5 Å². The van der Waals surface area contributed by atoms with Crippen molar-refractivity contribution in [3.63, 3.8) is 0 Å². The number of methoxy groups -OCH3 is 1.